The van der Waals surface area contributed by atoms with Crippen molar-refractivity contribution in [2.75, 3.05) is 19.6 Å². The van der Waals surface area contributed by atoms with E-state index in [1.165, 1.54) is 19.1 Å². The molecule has 1 saturated heterocycles. The summed E-state index contributed by atoms with van der Waals surface area (Å²) in [7, 11) is 1.93. The minimum atomic E-state index is -0.298. The lowest BCUT2D eigenvalue weighted by Crippen LogP contribution is -2.32. The molecule has 0 saturated carbocycles. The number of hydrogen-bond donors (Lipinski definition) is 1. The van der Waals surface area contributed by atoms with Gasteiger partial charge in [-0.3, -0.25) is 9.59 Å². The van der Waals surface area contributed by atoms with Gasteiger partial charge in [-0.1, -0.05) is 24.3 Å². The van der Waals surface area contributed by atoms with Crippen molar-refractivity contribution in [2.24, 2.45) is 13.0 Å². The lowest BCUT2D eigenvalue weighted by atomic mass is 9.93. The highest BCUT2D eigenvalue weighted by Crippen LogP contribution is 2.32. The van der Waals surface area contributed by atoms with Gasteiger partial charge in [-0.25, -0.2) is 9.37 Å². The zero-order chi connectivity index (χ0) is 20.1. The van der Waals surface area contributed by atoms with Crippen LogP contribution in [0.15, 0.2) is 42.9 Å². The molecule has 1 N–H and O–H groups in total. The van der Waals surface area contributed by atoms with Crippen LogP contribution in [0.4, 0.5) is 4.39 Å². The van der Waals surface area contributed by atoms with Crippen molar-refractivity contribution in [1.82, 2.24) is 19.8 Å². The van der Waals surface area contributed by atoms with E-state index in [9.17, 15) is 14.0 Å². The molecule has 1 aromatic heterocycles. The molecular weight excluding hydrogens is 359 g/mol. The van der Waals surface area contributed by atoms with Crippen LogP contribution in [0.1, 0.15) is 30.5 Å². The number of benzene rings is 1. The third-order valence-corrected chi connectivity index (χ3v) is 5.09. The molecule has 1 aliphatic rings. The van der Waals surface area contributed by atoms with E-state index in [2.05, 4.69) is 10.3 Å². The molecule has 7 heteroatoms. The number of rotatable bonds is 6. The van der Waals surface area contributed by atoms with Crippen LogP contribution >= 0.6 is 0 Å². The SMILES string of the molecule is CC(=O)NC[C@@H]1CN(C(=O)C/C=C/c2cccc(F)c2)C[C@H]1c1cncn1C. The molecule has 0 radical (unpaired) electrons. The van der Waals surface area contributed by atoms with Crippen LogP contribution < -0.4 is 5.32 Å². The number of hydrogen-bond acceptors (Lipinski definition) is 3. The molecule has 1 aliphatic heterocycles. The van der Waals surface area contributed by atoms with Crippen LogP contribution in [-0.2, 0) is 16.6 Å². The van der Waals surface area contributed by atoms with Gasteiger partial charge in [0.05, 0.1) is 6.33 Å². The number of carbonyl (C=O) groups is 2. The highest BCUT2D eigenvalue weighted by atomic mass is 19.1. The lowest BCUT2D eigenvalue weighted by molar-refractivity contribution is -0.129. The average Bonchev–Trinajstić information content (AvgIpc) is 3.25. The molecular formula is C21H25FN4O2. The molecule has 1 aromatic carbocycles. The monoisotopic (exact) mass is 384 g/mol. The van der Waals surface area contributed by atoms with Crippen LogP contribution in [-0.4, -0.2) is 45.9 Å². The summed E-state index contributed by atoms with van der Waals surface area (Å²) in [6.45, 7) is 3.20. The molecule has 3 rings (SSSR count). The molecule has 1 fully saturated rings. The molecule has 0 bridgehead atoms. The Morgan fingerprint density at radius 1 is 1.36 bits per heavy atom. The van der Waals surface area contributed by atoms with Crippen LogP contribution in [0.25, 0.3) is 6.08 Å². The van der Waals surface area contributed by atoms with Gasteiger partial charge in [0, 0.05) is 63.8 Å². The fourth-order valence-corrected chi connectivity index (χ4v) is 3.65. The topological polar surface area (TPSA) is 67.2 Å². The van der Waals surface area contributed by atoms with Crippen LogP contribution in [0.3, 0.4) is 0 Å². The van der Waals surface area contributed by atoms with Gasteiger partial charge in [-0.15, -0.1) is 0 Å². The molecule has 2 atom stereocenters. The van der Waals surface area contributed by atoms with Crippen molar-refractivity contribution >= 4 is 17.9 Å². The standard InChI is InChI=1S/C21H25FN4O2/c1-15(27)24-10-17-12-26(13-19(17)20-11-23-14-25(20)2)21(28)8-4-6-16-5-3-7-18(22)9-16/h3-7,9,11,14,17,19H,8,10,12-13H2,1-2H3,(H,24,27)/b6-4+/t17-,19-/m1/s1. The number of halogens is 1. The first-order valence-corrected chi connectivity index (χ1v) is 9.34. The van der Waals surface area contributed by atoms with Crippen LogP contribution in [0.2, 0.25) is 0 Å². The fourth-order valence-electron chi connectivity index (χ4n) is 3.65. The summed E-state index contributed by atoms with van der Waals surface area (Å²) in [6.07, 6.45) is 7.34. The Bertz CT molecular complexity index is 877. The van der Waals surface area contributed by atoms with Crippen molar-refractivity contribution in [3.63, 3.8) is 0 Å². The zero-order valence-electron chi connectivity index (χ0n) is 16.1. The first-order chi connectivity index (χ1) is 13.4. The second-order valence-corrected chi connectivity index (χ2v) is 7.19. The van der Waals surface area contributed by atoms with Crippen molar-refractivity contribution in [2.45, 2.75) is 19.3 Å². The summed E-state index contributed by atoms with van der Waals surface area (Å²) in [5.74, 6) is -0.101. The summed E-state index contributed by atoms with van der Waals surface area (Å²) in [5.41, 5.74) is 1.78. The van der Waals surface area contributed by atoms with Gasteiger partial charge in [-0.05, 0) is 17.7 Å². The van der Waals surface area contributed by atoms with Gasteiger partial charge in [0.2, 0.25) is 11.8 Å². The Kier molecular flexibility index (Phi) is 6.23. The van der Waals surface area contributed by atoms with E-state index in [0.717, 1.165) is 11.3 Å². The second-order valence-electron chi connectivity index (χ2n) is 7.19. The van der Waals surface area contributed by atoms with E-state index in [0.29, 0.717) is 19.6 Å². The molecule has 2 heterocycles. The summed E-state index contributed by atoms with van der Waals surface area (Å²) >= 11 is 0. The highest BCUT2D eigenvalue weighted by molar-refractivity contribution is 5.79. The number of aryl methyl sites for hydroxylation is 1. The van der Waals surface area contributed by atoms with E-state index in [1.54, 1.807) is 30.6 Å². The number of aromatic nitrogens is 2. The number of likely N-dealkylation sites (tertiary alicyclic amines) is 1. The van der Waals surface area contributed by atoms with Gasteiger partial charge in [-0.2, -0.15) is 0 Å². The minimum absolute atomic E-state index is 0.0187. The molecule has 6 nitrogen and oxygen atoms in total. The Balaban J connectivity index is 1.65. The Morgan fingerprint density at radius 2 is 2.18 bits per heavy atom. The van der Waals surface area contributed by atoms with Crippen molar-refractivity contribution in [1.29, 1.82) is 0 Å². The van der Waals surface area contributed by atoms with E-state index in [4.69, 9.17) is 0 Å². The van der Waals surface area contributed by atoms with Crippen molar-refractivity contribution < 1.29 is 14.0 Å². The number of nitrogens with zero attached hydrogens (tertiary/aromatic N) is 3. The van der Waals surface area contributed by atoms with E-state index in [-0.39, 0.29) is 35.9 Å². The average molecular weight is 384 g/mol. The third-order valence-electron chi connectivity index (χ3n) is 5.09. The van der Waals surface area contributed by atoms with Crippen LogP contribution in [0.5, 0.6) is 0 Å². The van der Waals surface area contributed by atoms with Gasteiger partial charge in [0.15, 0.2) is 0 Å². The number of imidazole rings is 1. The summed E-state index contributed by atoms with van der Waals surface area (Å²) in [4.78, 5) is 30.0. The molecule has 28 heavy (non-hydrogen) atoms. The number of amides is 2. The summed E-state index contributed by atoms with van der Waals surface area (Å²) < 4.78 is 15.2. The molecule has 0 spiro atoms. The zero-order valence-corrected chi connectivity index (χ0v) is 16.1. The normalized spacial score (nSPS) is 19.3. The van der Waals surface area contributed by atoms with E-state index < -0.39 is 0 Å². The maximum absolute atomic E-state index is 13.2. The Labute approximate surface area is 164 Å². The van der Waals surface area contributed by atoms with Crippen LogP contribution in [0, 0.1) is 11.7 Å². The third kappa shape index (κ3) is 4.85. The first-order valence-electron chi connectivity index (χ1n) is 9.34. The first kappa shape index (κ1) is 19.8. The minimum Gasteiger partial charge on any atom is -0.356 e. The number of carbonyl (C=O) groups excluding carboxylic acids is 2. The molecule has 2 amide bonds. The molecule has 0 unspecified atom stereocenters. The smallest absolute Gasteiger partial charge is 0.226 e. The maximum Gasteiger partial charge on any atom is 0.226 e. The van der Waals surface area contributed by atoms with Crippen molar-refractivity contribution in [3.8, 4) is 0 Å². The molecule has 2 aromatic rings. The predicted molar refractivity (Wildman–Crippen MR) is 105 cm³/mol. The summed E-state index contributed by atoms with van der Waals surface area (Å²) in [6, 6.07) is 6.25. The second kappa shape index (κ2) is 8.82. The largest absolute Gasteiger partial charge is 0.356 e. The summed E-state index contributed by atoms with van der Waals surface area (Å²) in [5, 5.41) is 2.87. The maximum atomic E-state index is 13.2. The van der Waals surface area contributed by atoms with E-state index >= 15 is 0 Å². The molecule has 148 valence electrons. The van der Waals surface area contributed by atoms with Gasteiger partial charge < -0.3 is 14.8 Å². The van der Waals surface area contributed by atoms with Crippen molar-refractivity contribution in [3.05, 3.63) is 59.9 Å². The van der Waals surface area contributed by atoms with Gasteiger partial charge in [0.1, 0.15) is 5.82 Å². The predicted octanol–water partition coefficient (Wildman–Crippen LogP) is 2.34. The fraction of sp³-hybridized carbons (Fsp3) is 0.381. The van der Waals surface area contributed by atoms with Gasteiger partial charge in [0.25, 0.3) is 0 Å². The van der Waals surface area contributed by atoms with E-state index in [1.807, 2.05) is 22.7 Å². The number of nitrogens with one attached hydrogen (secondary N) is 1. The lowest BCUT2D eigenvalue weighted by Gasteiger charge is -2.18. The quantitative estimate of drug-likeness (QED) is 0.831. The molecule has 0 aliphatic carbocycles. The Hall–Kier alpha value is -2.96. The highest BCUT2D eigenvalue weighted by Gasteiger charge is 2.37. The Morgan fingerprint density at radius 3 is 2.86 bits per heavy atom. The van der Waals surface area contributed by atoms with Gasteiger partial charge >= 0.3 is 0 Å².